The smallest absolute Gasteiger partial charge is 0.172 e. The summed E-state index contributed by atoms with van der Waals surface area (Å²) in [6, 6.07) is 0. The lowest BCUT2D eigenvalue weighted by molar-refractivity contribution is 0.346. The molecule has 2 aliphatic rings. The molecule has 4 nitrogen and oxygen atoms in total. The third-order valence-electron chi connectivity index (χ3n) is 2.86. The van der Waals surface area contributed by atoms with Crippen LogP contribution in [-0.4, -0.2) is 72.7 Å². The molecule has 1 fully saturated rings. The van der Waals surface area contributed by atoms with E-state index in [1.807, 2.05) is 21.6 Å². The van der Waals surface area contributed by atoms with Crippen LogP contribution in [-0.2, 0) is 0 Å². The third-order valence-corrected chi connectivity index (χ3v) is 5.42. The Labute approximate surface area is 106 Å². The van der Waals surface area contributed by atoms with Gasteiger partial charge in [0.05, 0.1) is 0 Å². The Hall–Kier alpha value is 0.0900. The van der Waals surface area contributed by atoms with Crippen molar-refractivity contribution in [2.24, 2.45) is 4.99 Å². The molecule has 1 atom stereocenters. The van der Waals surface area contributed by atoms with Gasteiger partial charge < -0.3 is 9.80 Å². The first-order valence-corrected chi connectivity index (χ1v) is 7.89. The molecule has 0 bridgehead atoms. The van der Waals surface area contributed by atoms with Gasteiger partial charge in [-0.2, -0.15) is 0 Å². The molecule has 2 aliphatic heterocycles. The van der Waals surface area contributed by atoms with Crippen molar-refractivity contribution in [2.75, 3.05) is 47.3 Å². The molecule has 92 valence electrons. The van der Waals surface area contributed by atoms with E-state index in [2.05, 4.69) is 35.8 Å². The summed E-state index contributed by atoms with van der Waals surface area (Å²) >= 11 is 0. The minimum atomic E-state index is 0.293. The van der Waals surface area contributed by atoms with Crippen molar-refractivity contribution in [1.29, 1.82) is 0 Å². The first-order valence-electron chi connectivity index (χ1n) is 5.68. The largest absolute Gasteiger partial charge is 0.349 e. The summed E-state index contributed by atoms with van der Waals surface area (Å²) < 4.78 is 0. The third kappa shape index (κ3) is 3.06. The number of likely N-dealkylation sites (N-methyl/N-ethyl adjacent to an activating group) is 1. The summed E-state index contributed by atoms with van der Waals surface area (Å²) in [5.74, 6) is 0. The normalized spacial score (nSPS) is 28.4. The molecule has 2 rings (SSSR count). The van der Waals surface area contributed by atoms with Gasteiger partial charge in [-0.1, -0.05) is 0 Å². The Morgan fingerprint density at radius 2 is 2.06 bits per heavy atom. The van der Waals surface area contributed by atoms with Gasteiger partial charge in [0.2, 0.25) is 0 Å². The average molecular weight is 260 g/mol. The number of amidine groups is 1. The van der Waals surface area contributed by atoms with Crippen molar-refractivity contribution in [3.8, 4) is 0 Å². The van der Waals surface area contributed by atoms with Crippen molar-refractivity contribution in [3.05, 3.63) is 0 Å². The quantitative estimate of drug-likeness (QED) is 0.659. The zero-order valence-corrected chi connectivity index (χ0v) is 11.9. The molecule has 0 amide bonds. The number of nitrogens with zero attached hydrogens (tertiary/aromatic N) is 4. The lowest BCUT2D eigenvalue weighted by atomic mass is 10.4. The van der Waals surface area contributed by atoms with Crippen LogP contribution >= 0.6 is 21.6 Å². The van der Waals surface area contributed by atoms with E-state index in [0.29, 0.717) is 5.50 Å². The van der Waals surface area contributed by atoms with Crippen molar-refractivity contribution in [1.82, 2.24) is 14.7 Å². The van der Waals surface area contributed by atoms with Crippen molar-refractivity contribution in [2.45, 2.75) is 11.9 Å². The molecule has 0 aromatic rings. The highest BCUT2D eigenvalue weighted by Gasteiger charge is 2.25. The molecule has 16 heavy (non-hydrogen) atoms. The second kappa shape index (κ2) is 5.62. The average Bonchev–Trinajstić information content (AvgIpc) is 2.63. The van der Waals surface area contributed by atoms with Gasteiger partial charge in [0, 0.05) is 19.6 Å². The van der Waals surface area contributed by atoms with E-state index in [1.165, 1.54) is 18.1 Å². The van der Waals surface area contributed by atoms with Crippen LogP contribution < -0.4 is 0 Å². The summed E-state index contributed by atoms with van der Waals surface area (Å²) in [6.07, 6.45) is 1.24. The summed E-state index contributed by atoms with van der Waals surface area (Å²) in [4.78, 5) is 11.7. The van der Waals surface area contributed by atoms with Crippen LogP contribution in [0.5, 0.6) is 0 Å². The highest BCUT2D eigenvalue weighted by atomic mass is 33.1. The molecule has 0 aromatic heterocycles. The highest BCUT2D eigenvalue weighted by molar-refractivity contribution is 8.82. The Balaban J connectivity index is 1.94. The first-order chi connectivity index (χ1) is 7.66. The molecule has 0 saturated carbocycles. The Morgan fingerprint density at radius 3 is 2.75 bits per heavy atom. The molecule has 0 radical (unpaired) electrons. The molecule has 0 N–H and O–H groups in total. The Kier molecular flexibility index (Phi) is 4.41. The minimum absolute atomic E-state index is 0.293. The molecular weight excluding hydrogens is 240 g/mol. The fourth-order valence-corrected chi connectivity index (χ4v) is 4.39. The van der Waals surface area contributed by atoms with Crippen LogP contribution in [0.4, 0.5) is 0 Å². The fourth-order valence-electron chi connectivity index (χ4n) is 1.80. The predicted octanol–water partition coefficient (Wildman–Crippen LogP) is 1.22. The Bertz CT molecular complexity index is 270. The van der Waals surface area contributed by atoms with E-state index in [4.69, 9.17) is 4.99 Å². The summed E-state index contributed by atoms with van der Waals surface area (Å²) in [5.41, 5.74) is 0.293. The van der Waals surface area contributed by atoms with Crippen LogP contribution in [0.2, 0.25) is 0 Å². The molecule has 0 aromatic carbocycles. The van der Waals surface area contributed by atoms with Gasteiger partial charge in [-0.15, -0.1) is 0 Å². The number of hydrogen-bond acceptors (Lipinski definition) is 6. The van der Waals surface area contributed by atoms with Gasteiger partial charge in [-0.05, 0) is 55.7 Å². The van der Waals surface area contributed by atoms with E-state index in [9.17, 15) is 0 Å². The summed E-state index contributed by atoms with van der Waals surface area (Å²) in [6.45, 7) is 4.62. The zero-order valence-electron chi connectivity index (χ0n) is 10.2. The van der Waals surface area contributed by atoms with Gasteiger partial charge >= 0.3 is 0 Å². The van der Waals surface area contributed by atoms with Crippen LogP contribution in [0.25, 0.3) is 0 Å². The van der Waals surface area contributed by atoms with E-state index in [-0.39, 0.29) is 0 Å². The van der Waals surface area contributed by atoms with Crippen molar-refractivity contribution >= 4 is 26.8 Å². The Morgan fingerprint density at radius 1 is 1.25 bits per heavy atom. The summed E-state index contributed by atoms with van der Waals surface area (Å²) in [5, 5.41) is 1.22. The molecule has 1 unspecified atom stereocenters. The molecule has 0 spiro atoms. The van der Waals surface area contributed by atoms with E-state index in [1.54, 1.807) is 0 Å². The molecule has 1 saturated heterocycles. The van der Waals surface area contributed by atoms with E-state index < -0.39 is 0 Å². The predicted molar refractivity (Wildman–Crippen MR) is 73.8 cm³/mol. The SMILES string of the molecule is CN1CCCN(C2=NC(N(C)C)SS2)CC1. The second-order valence-corrected chi connectivity index (χ2v) is 6.75. The van der Waals surface area contributed by atoms with Crippen molar-refractivity contribution in [3.63, 3.8) is 0 Å². The standard InChI is InChI=1S/C10H20N4S2/c1-12(2)9-11-10(16-15-9)14-6-4-5-13(3)7-8-14/h9H,4-8H2,1-3H3. The molecule has 6 heteroatoms. The van der Waals surface area contributed by atoms with E-state index >= 15 is 0 Å². The molecular formula is C10H20N4S2. The van der Waals surface area contributed by atoms with Crippen LogP contribution in [0.15, 0.2) is 4.99 Å². The highest BCUT2D eigenvalue weighted by Crippen LogP contribution is 2.38. The second-order valence-electron chi connectivity index (χ2n) is 4.53. The van der Waals surface area contributed by atoms with Gasteiger partial charge in [0.25, 0.3) is 0 Å². The zero-order chi connectivity index (χ0) is 11.5. The molecule has 0 aliphatic carbocycles. The van der Waals surface area contributed by atoms with Gasteiger partial charge in [0.1, 0.15) is 0 Å². The lowest BCUT2D eigenvalue weighted by Crippen LogP contribution is -2.32. The van der Waals surface area contributed by atoms with Gasteiger partial charge in [-0.25, -0.2) is 4.99 Å². The minimum Gasteiger partial charge on any atom is -0.349 e. The maximum Gasteiger partial charge on any atom is 0.172 e. The number of hydrogen-bond donors (Lipinski definition) is 0. The first kappa shape index (κ1) is 12.5. The fraction of sp³-hybridized carbons (Fsp3) is 0.900. The van der Waals surface area contributed by atoms with Crippen molar-refractivity contribution < 1.29 is 0 Å². The molecule has 2 heterocycles. The van der Waals surface area contributed by atoms with Gasteiger partial charge in [-0.3, -0.25) is 4.90 Å². The van der Waals surface area contributed by atoms with Crippen LogP contribution in [0.1, 0.15) is 6.42 Å². The maximum absolute atomic E-state index is 4.75. The van der Waals surface area contributed by atoms with E-state index in [0.717, 1.165) is 19.6 Å². The monoisotopic (exact) mass is 260 g/mol. The maximum atomic E-state index is 4.75. The summed E-state index contributed by atoms with van der Waals surface area (Å²) in [7, 11) is 10.0. The topological polar surface area (TPSA) is 22.1 Å². The lowest BCUT2D eigenvalue weighted by Gasteiger charge is -2.20. The van der Waals surface area contributed by atoms with Crippen LogP contribution in [0, 0.1) is 0 Å². The van der Waals surface area contributed by atoms with Gasteiger partial charge in [0.15, 0.2) is 10.7 Å². The number of rotatable bonds is 1. The number of aliphatic imine (C=N–C) groups is 1. The van der Waals surface area contributed by atoms with Crippen LogP contribution in [0.3, 0.4) is 0 Å².